The van der Waals surface area contributed by atoms with Crippen molar-refractivity contribution < 1.29 is 18.3 Å². The Labute approximate surface area is 226 Å². The van der Waals surface area contributed by atoms with Crippen molar-refractivity contribution in [2.24, 2.45) is 0 Å². The first-order valence-corrected chi connectivity index (χ1v) is 12.8. The van der Waals surface area contributed by atoms with Crippen LogP contribution in [0, 0.1) is 5.82 Å². The third kappa shape index (κ3) is 4.46. The van der Waals surface area contributed by atoms with Crippen LogP contribution in [0.4, 0.5) is 13.2 Å². The molecule has 10 heteroatoms. The number of aromatic hydroxyl groups is 1. The summed E-state index contributed by atoms with van der Waals surface area (Å²) in [5.41, 5.74) is 6.76. The van der Waals surface area contributed by atoms with Crippen molar-refractivity contribution >= 4 is 21.8 Å². The fourth-order valence-corrected chi connectivity index (χ4v) is 5.45. The van der Waals surface area contributed by atoms with E-state index in [1.807, 2.05) is 36.4 Å². The molecule has 6 aromatic rings. The molecular formula is C30H23F3N6O. The normalized spacial score (nSPS) is 15.4. The number of halogens is 3. The number of alkyl halides is 2. The number of hydrogen-bond donors (Lipinski definition) is 3. The van der Waals surface area contributed by atoms with E-state index < -0.39 is 11.7 Å². The maximum atomic E-state index is 14.0. The molecule has 0 unspecified atom stereocenters. The Morgan fingerprint density at radius 2 is 1.77 bits per heavy atom. The number of fused-ring (bicyclic) bond motifs is 2. The SMILES string of the molecule is Oc1cc(F)cc(-c2nccc3[nH]c(-c4n[nH]c5ccc(-c6cncc(CN7CCC(F)(F)C7)c6)cc45)cc23)c1. The number of aromatic amines is 2. The van der Waals surface area contributed by atoms with Crippen LogP contribution in [0.2, 0.25) is 0 Å². The summed E-state index contributed by atoms with van der Waals surface area (Å²) in [4.78, 5) is 14.0. The van der Waals surface area contributed by atoms with E-state index in [1.165, 1.54) is 12.1 Å². The van der Waals surface area contributed by atoms with Gasteiger partial charge in [-0.15, -0.1) is 0 Å². The summed E-state index contributed by atoms with van der Waals surface area (Å²) in [5.74, 6) is -3.36. The Morgan fingerprint density at radius 3 is 2.60 bits per heavy atom. The maximum absolute atomic E-state index is 14.0. The minimum atomic E-state index is -2.63. The molecule has 7 nitrogen and oxygen atoms in total. The highest BCUT2D eigenvalue weighted by atomic mass is 19.3. The summed E-state index contributed by atoms with van der Waals surface area (Å²) in [5, 5.41) is 19.2. The van der Waals surface area contributed by atoms with Crippen molar-refractivity contribution in [1.82, 2.24) is 30.0 Å². The van der Waals surface area contributed by atoms with Gasteiger partial charge in [0.05, 0.1) is 23.4 Å². The fraction of sp³-hybridized carbons (Fsp3) is 0.167. The number of phenolic OH excluding ortho intramolecular Hbond substituents is 1. The van der Waals surface area contributed by atoms with Crippen LogP contribution >= 0.6 is 0 Å². The van der Waals surface area contributed by atoms with E-state index in [4.69, 9.17) is 0 Å². The molecule has 7 rings (SSSR count). The summed E-state index contributed by atoms with van der Waals surface area (Å²) in [6, 6.07) is 15.5. The predicted octanol–water partition coefficient (Wildman–Crippen LogP) is 6.52. The molecule has 1 aliphatic rings. The third-order valence-corrected chi connectivity index (χ3v) is 7.31. The van der Waals surface area contributed by atoms with Gasteiger partial charge in [0.15, 0.2) is 0 Å². The second kappa shape index (κ2) is 9.20. The molecule has 2 aromatic carbocycles. The van der Waals surface area contributed by atoms with Crippen LogP contribution in [0.25, 0.3) is 55.6 Å². The zero-order valence-corrected chi connectivity index (χ0v) is 21.1. The Balaban J connectivity index is 1.25. The number of likely N-dealkylation sites (tertiary alicyclic amines) is 1. The van der Waals surface area contributed by atoms with Gasteiger partial charge in [0.25, 0.3) is 5.92 Å². The van der Waals surface area contributed by atoms with Crippen molar-refractivity contribution in [3.05, 3.63) is 84.6 Å². The molecule has 0 atom stereocenters. The molecule has 1 saturated heterocycles. The van der Waals surface area contributed by atoms with Gasteiger partial charge in [-0.1, -0.05) is 6.07 Å². The quantitative estimate of drug-likeness (QED) is 0.232. The number of hydrogen-bond acceptors (Lipinski definition) is 5. The number of nitrogens with zero attached hydrogens (tertiary/aromatic N) is 4. The molecule has 1 aliphatic heterocycles. The Morgan fingerprint density at radius 1 is 0.900 bits per heavy atom. The van der Waals surface area contributed by atoms with E-state index >= 15 is 0 Å². The van der Waals surface area contributed by atoms with Gasteiger partial charge in [0, 0.05) is 71.6 Å². The Kier molecular flexibility index (Phi) is 5.60. The molecule has 4 aromatic heterocycles. The molecule has 0 bridgehead atoms. The number of pyridine rings is 2. The van der Waals surface area contributed by atoms with E-state index in [2.05, 4.69) is 25.1 Å². The van der Waals surface area contributed by atoms with Crippen molar-refractivity contribution in [2.75, 3.05) is 13.1 Å². The topological polar surface area (TPSA) is 93.7 Å². The van der Waals surface area contributed by atoms with E-state index in [1.54, 1.807) is 23.5 Å². The predicted molar refractivity (Wildman–Crippen MR) is 146 cm³/mol. The van der Waals surface area contributed by atoms with Crippen LogP contribution in [0.1, 0.15) is 12.0 Å². The van der Waals surface area contributed by atoms with Crippen LogP contribution in [-0.2, 0) is 6.54 Å². The zero-order chi connectivity index (χ0) is 27.4. The first kappa shape index (κ1) is 24.3. The second-order valence-electron chi connectivity index (χ2n) is 10.2. The van der Waals surface area contributed by atoms with E-state index in [0.29, 0.717) is 30.0 Å². The molecule has 0 saturated carbocycles. The van der Waals surface area contributed by atoms with Gasteiger partial charge in [-0.3, -0.25) is 20.0 Å². The van der Waals surface area contributed by atoms with Crippen LogP contribution in [0.5, 0.6) is 5.75 Å². The van der Waals surface area contributed by atoms with Gasteiger partial charge in [-0.2, -0.15) is 5.10 Å². The lowest BCUT2D eigenvalue weighted by atomic mass is 10.0. The summed E-state index contributed by atoms with van der Waals surface area (Å²) < 4.78 is 41.3. The standard InChI is InChI=1S/C30H23F3N6O/c31-21-8-19(9-22(40)11-21)28-24-12-27(36-25(24)3-5-35-28)29-23-10-18(1-2-26(23)37-38-29)20-7-17(13-34-14-20)15-39-6-4-30(32,33)16-39/h1-3,5,7-14,36,40H,4,6,15-16H2,(H,37,38). The fourth-order valence-electron chi connectivity index (χ4n) is 5.45. The third-order valence-electron chi connectivity index (χ3n) is 7.31. The summed E-state index contributed by atoms with van der Waals surface area (Å²) >= 11 is 0. The number of nitrogens with one attached hydrogen (secondary N) is 2. The second-order valence-corrected chi connectivity index (χ2v) is 10.2. The van der Waals surface area contributed by atoms with Crippen LogP contribution < -0.4 is 0 Å². The maximum Gasteiger partial charge on any atom is 0.261 e. The highest BCUT2D eigenvalue weighted by Gasteiger charge is 2.37. The van der Waals surface area contributed by atoms with Crippen molar-refractivity contribution in [2.45, 2.75) is 18.9 Å². The minimum Gasteiger partial charge on any atom is -0.508 e. The largest absolute Gasteiger partial charge is 0.508 e. The van der Waals surface area contributed by atoms with Crippen molar-refractivity contribution in [1.29, 1.82) is 0 Å². The summed E-state index contributed by atoms with van der Waals surface area (Å²) in [7, 11) is 0. The number of rotatable bonds is 5. The molecule has 0 spiro atoms. The lowest BCUT2D eigenvalue weighted by molar-refractivity contribution is 0.0115. The summed E-state index contributed by atoms with van der Waals surface area (Å²) in [6.45, 7) is 0.553. The van der Waals surface area contributed by atoms with Crippen molar-refractivity contribution in [3.8, 4) is 39.5 Å². The first-order chi connectivity index (χ1) is 19.3. The van der Waals surface area contributed by atoms with Gasteiger partial charge in [0.2, 0.25) is 0 Å². The van der Waals surface area contributed by atoms with Crippen LogP contribution in [-0.4, -0.2) is 54.2 Å². The monoisotopic (exact) mass is 540 g/mol. The first-order valence-electron chi connectivity index (χ1n) is 12.8. The molecule has 3 N–H and O–H groups in total. The average Bonchev–Trinajstić information content (AvgIpc) is 3.63. The molecule has 5 heterocycles. The number of phenols is 1. The highest BCUT2D eigenvalue weighted by molar-refractivity contribution is 6.00. The Bertz CT molecular complexity index is 1880. The molecular weight excluding hydrogens is 517 g/mol. The number of aromatic nitrogens is 5. The van der Waals surface area contributed by atoms with Gasteiger partial charge in [-0.05, 0) is 53.6 Å². The molecule has 200 valence electrons. The zero-order valence-electron chi connectivity index (χ0n) is 21.1. The lowest BCUT2D eigenvalue weighted by Gasteiger charge is -2.15. The average molecular weight is 541 g/mol. The van der Waals surface area contributed by atoms with E-state index in [9.17, 15) is 18.3 Å². The highest BCUT2D eigenvalue weighted by Crippen LogP contribution is 2.35. The van der Waals surface area contributed by atoms with Gasteiger partial charge >= 0.3 is 0 Å². The summed E-state index contributed by atoms with van der Waals surface area (Å²) in [6.07, 6.45) is 4.99. The molecule has 0 aliphatic carbocycles. The van der Waals surface area contributed by atoms with Crippen LogP contribution in [0.15, 0.2) is 73.2 Å². The minimum absolute atomic E-state index is 0.115. The number of H-pyrrole nitrogens is 2. The lowest BCUT2D eigenvalue weighted by Crippen LogP contribution is -2.24. The Hall–Kier alpha value is -4.70. The number of benzene rings is 2. The molecule has 1 fully saturated rings. The van der Waals surface area contributed by atoms with Gasteiger partial charge in [-0.25, -0.2) is 13.2 Å². The van der Waals surface area contributed by atoms with Crippen molar-refractivity contribution in [3.63, 3.8) is 0 Å². The van der Waals surface area contributed by atoms with Gasteiger partial charge in [0.1, 0.15) is 17.3 Å². The smallest absolute Gasteiger partial charge is 0.261 e. The molecule has 0 amide bonds. The van der Waals surface area contributed by atoms with Gasteiger partial charge < -0.3 is 10.1 Å². The van der Waals surface area contributed by atoms with E-state index in [0.717, 1.165) is 50.3 Å². The molecule has 0 radical (unpaired) electrons. The molecule has 40 heavy (non-hydrogen) atoms. The van der Waals surface area contributed by atoms with Crippen LogP contribution in [0.3, 0.4) is 0 Å². The van der Waals surface area contributed by atoms with E-state index in [-0.39, 0.29) is 18.7 Å².